The topological polar surface area (TPSA) is 84.5 Å². The molecule has 0 aliphatic rings. The average Bonchev–Trinajstić information content (AvgIpc) is 2.61. The summed E-state index contributed by atoms with van der Waals surface area (Å²) >= 11 is 0. The molecule has 0 saturated heterocycles. The van der Waals surface area contributed by atoms with Crippen LogP contribution < -0.4 is 14.8 Å². The summed E-state index contributed by atoms with van der Waals surface area (Å²) in [6.45, 7) is 7.44. The second-order valence-electron chi connectivity index (χ2n) is 7.09. The first-order valence-electron chi connectivity index (χ1n) is 9.24. The summed E-state index contributed by atoms with van der Waals surface area (Å²) in [7, 11) is -3.44. The summed E-state index contributed by atoms with van der Waals surface area (Å²) in [5.41, 5.74) is 2.53. The van der Waals surface area contributed by atoms with E-state index in [4.69, 9.17) is 4.74 Å². The van der Waals surface area contributed by atoms with Crippen LogP contribution in [0.1, 0.15) is 37.5 Å². The largest absolute Gasteiger partial charge is 0.481 e. The van der Waals surface area contributed by atoms with Gasteiger partial charge in [0.1, 0.15) is 5.75 Å². The van der Waals surface area contributed by atoms with E-state index in [0.717, 1.165) is 11.1 Å². The molecule has 0 aliphatic carbocycles. The van der Waals surface area contributed by atoms with Crippen LogP contribution in [0.15, 0.2) is 48.5 Å². The van der Waals surface area contributed by atoms with E-state index in [1.54, 1.807) is 32.9 Å². The van der Waals surface area contributed by atoms with Crippen LogP contribution in [0.2, 0.25) is 0 Å². The molecule has 0 bridgehead atoms. The number of sulfonamides is 1. The molecule has 152 valence electrons. The SMILES string of the molecule is Cc1ccc(OC(C)C(=O)NCc2ccccc2CS(=O)(=O)NC(C)C)cc1. The van der Waals surface area contributed by atoms with Gasteiger partial charge < -0.3 is 10.1 Å². The Kier molecular flexibility index (Phi) is 7.60. The molecule has 28 heavy (non-hydrogen) atoms. The van der Waals surface area contributed by atoms with E-state index in [1.165, 1.54) is 0 Å². The average molecular weight is 405 g/mol. The molecule has 0 aromatic heterocycles. The Bertz CT molecular complexity index is 893. The van der Waals surface area contributed by atoms with Crippen molar-refractivity contribution in [3.63, 3.8) is 0 Å². The number of benzene rings is 2. The molecule has 7 heteroatoms. The van der Waals surface area contributed by atoms with Gasteiger partial charge in [0.05, 0.1) is 5.75 Å². The maximum atomic E-state index is 12.4. The lowest BCUT2D eigenvalue weighted by Gasteiger charge is -2.16. The summed E-state index contributed by atoms with van der Waals surface area (Å²) in [4.78, 5) is 12.4. The number of hydrogen-bond acceptors (Lipinski definition) is 4. The van der Waals surface area contributed by atoms with Crippen LogP contribution in [0, 0.1) is 6.92 Å². The smallest absolute Gasteiger partial charge is 0.261 e. The maximum absolute atomic E-state index is 12.4. The van der Waals surface area contributed by atoms with Crippen molar-refractivity contribution in [1.29, 1.82) is 0 Å². The standard InChI is InChI=1S/C21H28N2O4S/c1-15(2)23-28(25,26)14-19-8-6-5-7-18(19)13-22-21(24)17(4)27-20-11-9-16(3)10-12-20/h5-12,15,17,23H,13-14H2,1-4H3,(H,22,24). The van der Waals surface area contributed by atoms with Crippen molar-refractivity contribution >= 4 is 15.9 Å². The number of amides is 1. The molecule has 0 fully saturated rings. The lowest BCUT2D eigenvalue weighted by atomic mass is 10.1. The second kappa shape index (κ2) is 9.71. The second-order valence-corrected chi connectivity index (χ2v) is 8.85. The maximum Gasteiger partial charge on any atom is 0.261 e. The minimum atomic E-state index is -3.44. The van der Waals surface area contributed by atoms with Crippen molar-refractivity contribution in [2.75, 3.05) is 0 Å². The highest BCUT2D eigenvalue weighted by Crippen LogP contribution is 2.15. The number of carbonyl (C=O) groups is 1. The summed E-state index contributed by atoms with van der Waals surface area (Å²) in [6.07, 6.45) is -0.666. The normalized spacial score (nSPS) is 12.6. The van der Waals surface area contributed by atoms with E-state index in [2.05, 4.69) is 10.0 Å². The predicted molar refractivity (Wildman–Crippen MR) is 110 cm³/mol. The molecular formula is C21H28N2O4S. The van der Waals surface area contributed by atoms with E-state index < -0.39 is 16.1 Å². The zero-order valence-electron chi connectivity index (χ0n) is 16.7. The van der Waals surface area contributed by atoms with Gasteiger partial charge in [0.15, 0.2) is 6.10 Å². The Balaban J connectivity index is 1.98. The molecule has 2 N–H and O–H groups in total. The molecule has 1 amide bonds. The molecule has 1 unspecified atom stereocenters. The van der Waals surface area contributed by atoms with Crippen LogP contribution in [-0.2, 0) is 27.1 Å². The van der Waals surface area contributed by atoms with E-state index >= 15 is 0 Å². The van der Waals surface area contributed by atoms with Crippen molar-refractivity contribution in [3.05, 3.63) is 65.2 Å². The summed E-state index contributed by atoms with van der Waals surface area (Å²) in [5, 5.41) is 2.82. The van der Waals surface area contributed by atoms with E-state index in [0.29, 0.717) is 11.3 Å². The van der Waals surface area contributed by atoms with Crippen LogP contribution in [0.3, 0.4) is 0 Å². The first kappa shape index (κ1) is 21.9. The number of aryl methyl sites for hydroxylation is 1. The Labute approximate surface area is 167 Å². The fourth-order valence-corrected chi connectivity index (χ4v) is 4.17. The van der Waals surface area contributed by atoms with Crippen LogP contribution in [0.5, 0.6) is 5.75 Å². The van der Waals surface area contributed by atoms with Crippen LogP contribution in [0.25, 0.3) is 0 Å². The molecule has 2 aromatic carbocycles. The molecule has 6 nitrogen and oxygen atoms in total. The number of carbonyl (C=O) groups excluding carboxylic acids is 1. The van der Waals surface area contributed by atoms with Gasteiger partial charge in [-0.05, 0) is 51.0 Å². The molecule has 2 aromatic rings. The quantitative estimate of drug-likeness (QED) is 0.673. The van der Waals surface area contributed by atoms with Gasteiger partial charge in [-0.3, -0.25) is 4.79 Å². The van der Waals surface area contributed by atoms with Crippen LogP contribution in [-0.4, -0.2) is 26.5 Å². The van der Waals surface area contributed by atoms with E-state index in [1.807, 2.05) is 43.3 Å². The van der Waals surface area contributed by atoms with Gasteiger partial charge in [-0.15, -0.1) is 0 Å². The summed E-state index contributed by atoms with van der Waals surface area (Å²) < 4.78 is 32.7. The van der Waals surface area contributed by atoms with Crippen molar-refractivity contribution in [3.8, 4) is 5.75 Å². The first-order valence-corrected chi connectivity index (χ1v) is 10.9. The van der Waals surface area contributed by atoms with Gasteiger partial charge in [0.25, 0.3) is 5.91 Å². The third kappa shape index (κ3) is 6.98. The van der Waals surface area contributed by atoms with Gasteiger partial charge in [0, 0.05) is 12.6 Å². The van der Waals surface area contributed by atoms with Gasteiger partial charge in [0.2, 0.25) is 10.0 Å². The number of hydrogen-bond donors (Lipinski definition) is 2. The summed E-state index contributed by atoms with van der Waals surface area (Å²) in [6, 6.07) is 14.5. The van der Waals surface area contributed by atoms with E-state index in [9.17, 15) is 13.2 Å². The monoisotopic (exact) mass is 404 g/mol. The Morgan fingerprint density at radius 2 is 1.61 bits per heavy atom. The zero-order chi connectivity index (χ0) is 20.7. The van der Waals surface area contributed by atoms with Crippen molar-refractivity contribution in [1.82, 2.24) is 10.0 Å². The fraction of sp³-hybridized carbons (Fsp3) is 0.381. The number of nitrogens with one attached hydrogen (secondary N) is 2. The van der Waals surface area contributed by atoms with Gasteiger partial charge in [-0.2, -0.15) is 0 Å². The number of ether oxygens (including phenoxy) is 1. The lowest BCUT2D eigenvalue weighted by Crippen LogP contribution is -2.36. The summed E-state index contributed by atoms with van der Waals surface area (Å²) in [5.74, 6) is 0.227. The lowest BCUT2D eigenvalue weighted by molar-refractivity contribution is -0.127. The minimum absolute atomic E-state index is 0.132. The van der Waals surface area contributed by atoms with Crippen LogP contribution >= 0.6 is 0 Å². The molecule has 0 aliphatic heterocycles. The Morgan fingerprint density at radius 3 is 2.21 bits per heavy atom. The minimum Gasteiger partial charge on any atom is -0.481 e. The Morgan fingerprint density at radius 1 is 1.00 bits per heavy atom. The fourth-order valence-electron chi connectivity index (χ4n) is 2.68. The third-order valence-electron chi connectivity index (χ3n) is 4.04. The molecule has 0 radical (unpaired) electrons. The van der Waals surface area contributed by atoms with Crippen molar-refractivity contribution in [2.45, 2.75) is 52.1 Å². The first-order chi connectivity index (χ1) is 13.2. The van der Waals surface area contributed by atoms with Crippen LogP contribution in [0.4, 0.5) is 0 Å². The highest BCUT2D eigenvalue weighted by molar-refractivity contribution is 7.88. The molecule has 2 rings (SSSR count). The van der Waals surface area contributed by atoms with Crippen molar-refractivity contribution < 1.29 is 17.9 Å². The molecule has 0 saturated carbocycles. The molecular weight excluding hydrogens is 376 g/mol. The van der Waals surface area contributed by atoms with Gasteiger partial charge in [-0.1, -0.05) is 42.0 Å². The highest BCUT2D eigenvalue weighted by atomic mass is 32.2. The van der Waals surface area contributed by atoms with Gasteiger partial charge in [-0.25, -0.2) is 13.1 Å². The van der Waals surface area contributed by atoms with Gasteiger partial charge >= 0.3 is 0 Å². The molecule has 1 atom stereocenters. The molecule has 0 spiro atoms. The zero-order valence-corrected chi connectivity index (χ0v) is 17.5. The predicted octanol–water partition coefficient (Wildman–Crippen LogP) is 2.91. The number of rotatable bonds is 9. The van der Waals surface area contributed by atoms with Crippen molar-refractivity contribution in [2.24, 2.45) is 0 Å². The van der Waals surface area contributed by atoms with E-state index in [-0.39, 0.29) is 24.2 Å². The Hall–Kier alpha value is -2.38. The third-order valence-corrected chi connectivity index (χ3v) is 5.56. The molecule has 0 heterocycles. The highest BCUT2D eigenvalue weighted by Gasteiger charge is 2.17.